The van der Waals surface area contributed by atoms with Crippen molar-refractivity contribution in [2.24, 2.45) is 0 Å². The van der Waals surface area contributed by atoms with Crippen LogP contribution in [0.4, 0.5) is 5.69 Å². The fourth-order valence-corrected chi connectivity index (χ4v) is 6.25. The number of anilines is 1. The van der Waals surface area contributed by atoms with Gasteiger partial charge in [-0.15, -0.1) is 0 Å². The van der Waals surface area contributed by atoms with Gasteiger partial charge in [-0.05, 0) is 31.2 Å². The van der Waals surface area contributed by atoms with E-state index < -0.39 is 0 Å². The van der Waals surface area contributed by atoms with Crippen LogP contribution >= 0.6 is 24.0 Å². The summed E-state index contributed by atoms with van der Waals surface area (Å²) >= 11 is 6.86. The minimum atomic E-state index is -0.147. The lowest BCUT2D eigenvalue weighted by Gasteiger charge is -2.37. The third kappa shape index (κ3) is 4.61. The monoisotopic (exact) mass is 518 g/mol. The van der Waals surface area contributed by atoms with Crippen LogP contribution < -0.4 is 10.5 Å². The number of hydrogen-bond acceptors (Lipinski definition) is 6. The summed E-state index contributed by atoms with van der Waals surface area (Å²) in [6.07, 6.45) is 1.78. The van der Waals surface area contributed by atoms with Crippen LogP contribution in [0.5, 0.6) is 0 Å². The van der Waals surface area contributed by atoms with Crippen molar-refractivity contribution < 1.29 is 4.79 Å². The average molecular weight is 519 g/mol. The molecule has 5 rings (SSSR count). The fraction of sp³-hybridized carbons (Fsp3) is 0.321. The summed E-state index contributed by atoms with van der Waals surface area (Å²) < 4.78 is 2.32. The third-order valence-corrected chi connectivity index (χ3v) is 8.34. The van der Waals surface area contributed by atoms with E-state index in [0.717, 1.165) is 54.9 Å². The number of nitrogens with zero attached hydrogens (tertiary/aromatic N) is 4. The van der Waals surface area contributed by atoms with E-state index in [1.165, 1.54) is 11.8 Å². The predicted octanol–water partition coefficient (Wildman–Crippen LogP) is 4.56. The molecule has 0 unspecified atom stereocenters. The normalized spacial score (nSPS) is 18.1. The summed E-state index contributed by atoms with van der Waals surface area (Å²) in [7, 11) is 0. The van der Waals surface area contributed by atoms with Gasteiger partial charge in [-0.2, -0.15) is 0 Å². The number of aromatic nitrogens is 1. The number of carbonyl (C=O) groups is 1. The molecule has 2 aliphatic rings. The highest BCUT2D eigenvalue weighted by molar-refractivity contribution is 8.26. The van der Waals surface area contributed by atoms with Crippen molar-refractivity contribution in [1.82, 2.24) is 14.4 Å². The molecule has 0 aliphatic carbocycles. The van der Waals surface area contributed by atoms with Gasteiger partial charge in [0.15, 0.2) is 0 Å². The van der Waals surface area contributed by atoms with Crippen molar-refractivity contribution in [3.05, 3.63) is 81.0 Å². The van der Waals surface area contributed by atoms with Gasteiger partial charge >= 0.3 is 0 Å². The first kappa shape index (κ1) is 24.7. The number of thioether (sulfide) groups is 1. The number of hydrogen-bond donors (Lipinski definition) is 0. The highest BCUT2D eigenvalue weighted by Crippen LogP contribution is 2.37. The molecule has 2 fully saturated rings. The summed E-state index contributed by atoms with van der Waals surface area (Å²) in [5, 5.41) is 1.04. The van der Waals surface area contributed by atoms with Crippen LogP contribution in [0.25, 0.3) is 17.0 Å². The van der Waals surface area contributed by atoms with Gasteiger partial charge in [-0.1, -0.05) is 79.4 Å². The van der Waals surface area contributed by atoms with Gasteiger partial charge < -0.3 is 14.4 Å². The van der Waals surface area contributed by atoms with Gasteiger partial charge in [0, 0.05) is 38.1 Å². The number of rotatable bonds is 6. The Labute approximate surface area is 221 Å². The van der Waals surface area contributed by atoms with Crippen LogP contribution in [0.3, 0.4) is 0 Å². The number of para-hydroxylation sites is 1. The lowest BCUT2D eigenvalue weighted by Crippen LogP contribution is -2.47. The first-order chi connectivity index (χ1) is 17.5. The Balaban J connectivity index is 1.61. The van der Waals surface area contributed by atoms with Crippen LogP contribution in [0, 0.1) is 0 Å². The first-order valence-electron chi connectivity index (χ1n) is 12.4. The second-order valence-corrected chi connectivity index (χ2v) is 10.7. The molecule has 3 heterocycles. The molecule has 1 aromatic heterocycles. The van der Waals surface area contributed by atoms with Crippen molar-refractivity contribution in [3.63, 3.8) is 0 Å². The Morgan fingerprint density at radius 2 is 1.61 bits per heavy atom. The standard InChI is InChI=1S/C28H30N4O2S2/c1-3-29-14-16-30(17-15-29)25-21-12-8-9-13-23(21)31(4-2)26(33)22(25)18-24-27(34)32(28(35)36-24)19-20-10-6-5-7-11-20/h5-13,18H,3-4,14-17,19H2,1-2H3. The number of carbonyl (C=O) groups excluding carboxylic acids is 1. The van der Waals surface area contributed by atoms with Crippen molar-refractivity contribution in [3.8, 4) is 0 Å². The van der Waals surface area contributed by atoms with Crippen molar-refractivity contribution in [1.29, 1.82) is 0 Å². The van der Waals surface area contributed by atoms with Crippen LogP contribution in [0.2, 0.25) is 0 Å². The maximum atomic E-state index is 13.9. The van der Waals surface area contributed by atoms with Gasteiger partial charge in [0.05, 0.1) is 28.2 Å². The maximum Gasteiger partial charge on any atom is 0.266 e. The van der Waals surface area contributed by atoms with E-state index in [9.17, 15) is 9.59 Å². The molecule has 0 atom stereocenters. The minimum absolute atomic E-state index is 0.0718. The molecule has 0 spiro atoms. The van der Waals surface area contributed by atoms with E-state index in [4.69, 9.17) is 12.2 Å². The third-order valence-electron chi connectivity index (χ3n) is 6.97. The van der Waals surface area contributed by atoms with Crippen LogP contribution in [-0.4, -0.2) is 57.3 Å². The second-order valence-electron chi connectivity index (χ2n) is 9.00. The van der Waals surface area contributed by atoms with E-state index in [0.29, 0.717) is 27.9 Å². The first-order valence-corrected chi connectivity index (χ1v) is 13.7. The predicted molar refractivity (Wildman–Crippen MR) is 153 cm³/mol. The Morgan fingerprint density at radius 3 is 2.31 bits per heavy atom. The lowest BCUT2D eigenvalue weighted by atomic mass is 10.0. The molecule has 186 valence electrons. The van der Waals surface area contributed by atoms with Crippen LogP contribution in [0.15, 0.2) is 64.3 Å². The van der Waals surface area contributed by atoms with E-state index in [1.807, 2.05) is 55.5 Å². The van der Waals surface area contributed by atoms with Crippen molar-refractivity contribution in [2.75, 3.05) is 37.6 Å². The molecule has 0 radical (unpaired) electrons. The lowest BCUT2D eigenvalue weighted by molar-refractivity contribution is -0.122. The zero-order chi connectivity index (χ0) is 25.2. The van der Waals surface area contributed by atoms with Crippen LogP contribution in [0.1, 0.15) is 25.0 Å². The number of likely N-dealkylation sites (N-methyl/N-ethyl adjacent to an activating group) is 1. The molecule has 0 N–H and O–H groups in total. The SMILES string of the molecule is CCN1CCN(c2c(C=C3SC(=S)N(Cc4ccccc4)C3=O)c(=O)n(CC)c3ccccc23)CC1. The summed E-state index contributed by atoms with van der Waals surface area (Å²) in [6, 6.07) is 17.9. The molecular weight excluding hydrogens is 488 g/mol. The molecule has 6 nitrogen and oxygen atoms in total. The van der Waals surface area contributed by atoms with Gasteiger partial charge in [-0.3, -0.25) is 14.5 Å². The van der Waals surface area contributed by atoms with Crippen molar-refractivity contribution in [2.45, 2.75) is 26.9 Å². The van der Waals surface area contributed by atoms with E-state index in [1.54, 1.807) is 15.5 Å². The Kier molecular flexibility index (Phi) is 7.27. The summed E-state index contributed by atoms with van der Waals surface area (Å²) in [4.78, 5) is 34.2. The number of fused-ring (bicyclic) bond motifs is 1. The molecular formula is C28H30N4O2S2. The van der Waals surface area contributed by atoms with Gasteiger partial charge in [0.25, 0.3) is 11.5 Å². The number of thiocarbonyl (C=S) groups is 1. The average Bonchev–Trinajstić information content (AvgIpc) is 3.17. The number of pyridine rings is 1. The Morgan fingerprint density at radius 1 is 0.917 bits per heavy atom. The largest absolute Gasteiger partial charge is 0.368 e. The molecule has 2 aromatic carbocycles. The Bertz CT molecular complexity index is 1390. The summed E-state index contributed by atoms with van der Waals surface area (Å²) in [5.41, 5.74) is 3.36. The molecule has 0 saturated carbocycles. The summed E-state index contributed by atoms with van der Waals surface area (Å²) in [5.74, 6) is -0.147. The van der Waals surface area contributed by atoms with Crippen LogP contribution in [-0.2, 0) is 17.9 Å². The molecule has 36 heavy (non-hydrogen) atoms. The smallest absolute Gasteiger partial charge is 0.266 e. The van der Waals surface area contributed by atoms with E-state index in [2.05, 4.69) is 22.8 Å². The second kappa shape index (κ2) is 10.6. The number of benzene rings is 2. The van der Waals surface area contributed by atoms with Crippen molar-refractivity contribution >= 4 is 56.9 Å². The topological polar surface area (TPSA) is 48.8 Å². The van der Waals surface area contributed by atoms with Gasteiger partial charge in [0.2, 0.25) is 0 Å². The zero-order valence-electron chi connectivity index (χ0n) is 20.6. The molecule has 1 amide bonds. The molecule has 2 aliphatic heterocycles. The summed E-state index contributed by atoms with van der Waals surface area (Å²) in [6.45, 7) is 9.72. The quantitative estimate of drug-likeness (QED) is 0.352. The maximum absolute atomic E-state index is 13.9. The van der Waals surface area contributed by atoms with E-state index in [-0.39, 0.29) is 11.5 Å². The molecule has 2 saturated heterocycles. The van der Waals surface area contributed by atoms with Gasteiger partial charge in [0.1, 0.15) is 4.32 Å². The minimum Gasteiger partial charge on any atom is -0.368 e. The number of amides is 1. The van der Waals surface area contributed by atoms with E-state index >= 15 is 0 Å². The zero-order valence-corrected chi connectivity index (χ0v) is 22.3. The fourth-order valence-electron chi connectivity index (χ4n) is 5.02. The number of piperazine rings is 1. The molecule has 3 aromatic rings. The number of aryl methyl sites for hydroxylation is 1. The molecule has 8 heteroatoms. The Hall–Kier alpha value is -2.94. The highest BCUT2D eigenvalue weighted by atomic mass is 32.2. The van der Waals surface area contributed by atoms with Gasteiger partial charge in [-0.25, -0.2) is 0 Å². The molecule has 0 bridgehead atoms. The highest BCUT2D eigenvalue weighted by Gasteiger charge is 2.33.